The molecular formula is C13H10F4N2OS. The topological polar surface area (TPSA) is 42.0 Å². The monoisotopic (exact) mass is 318 g/mol. The van der Waals surface area contributed by atoms with Crippen molar-refractivity contribution in [3.8, 4) is 0 Å². The number of benzene rings is 1. The van der Waals surface area contributed by atoms with Crippen molar-refractivity contribution in [3.05, 3.63) is 45.7 Å². The predicted octanol–water partition coefficient (Wildman–Crippen LogP) is 4.17. The van der Waals surface area contributed by atoms with Crippen molar-refractivity contribution in [1.82, 2.24) is 4.98 Å². The summed E-state index contributed by atoms with van der Waals surface area (Å²) < 4.78 is 51.3. The van der Waals surface area contributed by atoms with E-state index in [1.165, 1.54) is 11.3 Å². The Hall–Kier alpha value is -1.96. The van der Waals surface area contributed by atoms with Crippen molar-refractivity contribution in [2.75, 3.05) is 5.32 Å². The third kappa shape index (κ3) is 3.38. The van der Waals surface area contributed by atoms with Crippen LogP contribution in [0.1, 0.15) is 26.5 Å². The van der Waals surface area contributed by atoms with Gasteiger partial charge in [0.2, 0.25) is 0 Å². The second-order valence-corrected chi connectivity index (χ2v) is 5.51. The molecule has 0 aliphatic carbocycles. The summed E-state index contributed by atoms with van der Waals surface area (Å²) in [6, 6.07) is 1.69. The Labute approximate surface area is 121 Å². The van der Waals surface area contributed by atoms with E-state index in [9.17, 15) is 22.4 Å². The summed E-state index contributed by atoms with van der Waals surface area (Å²) in [7, 11) is 0. The van der Waals surface area contributed by atoms with Gasteiger partial charge in [-0.1, -0.05) is 0 Å². The third-order valence-electron chi connectivity index (χ3n) is 2.79. The average Bonchev–Trinajstić information content (AvgIpc) is 2.67. The minimum Gasteiger partial charge on any atom is -0.298 e. The van der Waals surface area contributed by atoms with Crippen LogP contribution in [0.15, 0.2) is 18.2 Å². The molecule has 0 fully saturated rings. The number of alkyl halides is 3. The quantitative estimate of drug-likeness (QED) is 0.844. The molecule has 2 rings (SSSR count). The number of anilines is 1. The lowest BCUT2D eigenvalue weighted by molar-refractivity contribution is -0.137. The van der Waals surface area contributed by atoms with E-state index in [4.69, 9.17) is 0 Å². The van der Waals surface area contributed by atoms with E-state index in [1.807, 2.05) is 0 Å². The molecule has 21 heavy (non-hydrogen) atoms. The van der Waals surface area contributed by atoms with Crippen LogP contribution in [-0.2, 0) is 6.18 Å². The molecule has 1 aromatic heterocycles. The van der Waals surface area contributed by atoms with Gasteiger partial charge in [0, 0.05) is 4.88 Å². The second kappa shape index (κ2) is 5.44. The predicted molar refractivity (Wildman–Crippen MR) is 70.9 cm³/mol. The second-order valence-electron chi connectivity index (χ2n) is 4.31. The van der Waals surface area contributed by atoms with Gasteiger partial charge in [-0.25, -0.2) is 9.37 Å². The SMILES string of the molecule is Cc1nc(NC(=O)c2cc(C(F)(F)F)ccc2F)sc1C. The number of nitrogens with one attached hydrogen (secondary N) is 1. The van der Waals surface area contributed by atoms with E-state index >= 15 is 0 Å². The highest BCUT2D eigenvalue weighted by atomic mass is 32.1. The van der Waals surface area contributed by atoms with Gasteiger partial charge in [0.15, 0.2) is 5.13 Å². The molecule has 8 heteroatoms. The van der Waals surface area contributed by atoms with Crippen LogP contribution in [0.4, 0.5) is 22.7 Å². The molecule has 0 bridgehead atoms. The molecular weight excluding hydrogens is 308 g/mol. The number of amides is 1. The molecule has 0 spiro atoms. The molecule has 1 amide bonds. The fourth-order valence-corrected chi connectivity index (χ4v) is 2.38. The Morgan fingerprint density at radius 3 is 2.48 bits per heavy atom. The molecule has 3 nitrogen and oxygen atoms in total. The number of hydrogen-bond acceptors (Lipinski definition) is 3. The van der Waals surface area contributed by atoms with Crippen molar-refractivity contribution >= 4 is 22.4 Å². The molecule has 112 valence electrons. The highest BCUT2D eigenvalue weighted by Crippen LogP contribution is 2.30. The first-order valence-electron chi connectivity index (χ1n) is 5.80. The van der Waals surface area contributed by atoms with Gasteiger partial charge < -0.3 is 0 Å². The maximum absolute atomic E-state index is 13.6. The fraction of sp³-hybridized carbons (Fsp3) is 0.231. The van der Waals surface area contributed by atoms with E-state index < -0.39 is 29.0 Å². The Morgan fingerprint density at radius 2 is 1.95 bits per heavy atom. The van der Waals surface area contributed by atoms with E-state index in [0.717, 1.165) is 4.88 Å². The van der Waals surface area contributed by atoms with Crippen LogP contribution < -0.4 is 5.32 Å². The third-order valence-corrected chi connectivity index (χ3v) is 3.78. The normalized spacial score (nSPS) is 11.5. The van der Waals surface area contributed by atoms with E-state index in [0.29, 0.717) is 23.9 Å². The summed E-state index contributed by atoms with van der Waals surface area (Å²) in [4.78, 5) is 16.8. The lowest BCUT2D eigenvalue weighted by Crippen LogP contribution is -2.15. The zero-order valence-electron chi connectivity index (χ0n) is 11.0. The van der Waals surface area contributed by atoms with Gasteiger partial charge in [-0.15, -0.1) is 11.3 Å². The average molecular weight is 318 g/mol. The van der Waals surface area contributed by atoms with Crippen LogP contribution in [0.3, 0.4) is 0 Å². The molecule has 1 N–H and O–H groups in total. The van der Waals surface area contributed by atoms with Crippen LogP contribution in [0, 0.1) is 19.7 Å². The first kappa shape index (κ1) is 15.4. The number of carbonyl (C=O) groups excluding carboxylic acids is 1. The molecule has 0 aliphatic heterocycles. The van der Waals surface area contributed by atoms with Crippen LogP contribution in [0.25, 0.3) is 0 Å². The van der Waals surface area contributed by atoms with E-state index in [1.54, 1.807) is 13.8 Å². The molecule has 0 aliphatic rings. The summed E-state index contributed by atoms with van der Waals surface area (Å²) in [5, 5.41) is 2.52. The highest BCUT2D eigenvalue weighted by molar-refractivity contribution is 7.15. The number of nitrogens with zero attached hydrogens (tertiary/aromatic N) is 1. The lowest BCUT2D eigenvalue weighted by atomic mass is 10.1. The Balaban J connectivity index is 2.30. The maximum atomic E-state index is 13.6. The largest absolute Gasteiger partial charge is 0.416 e. The standard InChI is InChI=1S/C13H10F4N2OS/c1-6-7(2)21-12(18-6)19-11(20)9-5-8(13(15,16)17)3-4-10(9)14/h3-5H,1-2H3,(H,18,19,20). The number of carbonyl (C=O) groups is 1. The minimum absolute atomic E-state index is 0.215. The summed E-state index contributed by atoms with van der Waals surface area (Å²) >= 11 is 1.17. The van der Waals surface area contributed by atoms with Crippen LogP contribution >= 0.6 is 11.3 Å². The molecule has 0 saturated heterocycles. The summed E-state index contributed by atoms with van der Waals surface area (Å²) in [6.45, 7) is 3.51. The van der Waals surface area contributed by atoms with Gasteiger partial charge in [-0.2, -0.15) is 13.2 Å². The van der Waals surface area contributed by atoms with Crippen LogP contribution in [0.5, 0.6) is 0 Å². The van der Waals surface area contributed by atoms with Crippen molar-refractivity contribution in [2.24, 2.45) is 0 Å². The molecule has 2 aromatic rings. The Bertz CT molecular complexity index is 674. The number of hydrogen-bond donors (Lipinski definition) is 1. The van der Waals surface area contributed by atoms with Crippen molar-refractivity contribution in [2.45, 2.75) is 20.0 Å². The van der Waals surface area contributed by atoms with Crippen molar-refractivity contribution in [3.63, 3.8) is 0 Å². The molecule has 0 atom stereocenters. The smallest absolute Gasteiger partial charge is 0.298 e. The van der Waals surface area contributed by atoms with E-state index in [-0.39, 0.29) is 5.13 Å². The first-order valence-corrected chi connectivity index (χ1v) is 6.62. The summed E-state index contributed by atoms with van der Waals surface area (Å²) in [5.41, 5.74) is -1.06. The van der Waals surface area contributed by atoms with Gasteiger partial charge in [0.1, 0.15) is 5.82 Å². The van der Waals surface area contributed by atoms with Gasteiger partial charge in [-0.3, -0.25) is 10.1 Å². The van der Waals surface area contributed by atoms with Crippen molar-refractivity contribution in [1.29, 1.82) is 0 Å². The fourth-order valence-electron chi connectivity index (χ4n) is 1.57. The number of aryl methyl sites for hydroxylation is 2. The number of halogens is 4. The molecule has 0 saturated carbocycles. The van der Waals surface area contributed by atoms with Gasteiger partial charge in [-0.05, 0) is 32.0 Å². The van der Waals surface area contributed by atoms with Crippen LogP contribution in [0.2, 0.25) is 0 Å². The lowest BCUT2D eigenvalue weighted by Gasteiger charge is -2.09. The Kier molecular flexibility index (Phi) is 3.99. The number of rotatable bonds is 2. The first-order chi connectivity index (χ1) is 9.68. The van der Waals surface area contributed by atoms with Gasteiger partial charge in [0.25, 0.3) is 5.91 Å². The molecule has 1 aromatic carbocycles. The number of aromatic nitrogens is 1. The summed E-state index contributed by atoms with van der Waals surface area (Å²) in [6.07, 6.45) is -4.64. The minimum atomic E-state index is -4.64. The Morgan fingerprint density at radius 1 is 1.29 bits per heavy atom. The molecule has 1 heterocycles. The van der Waals surface area contributed by atoms with Crippen LogP contribution in [-0.4, -0.2) is 10.9 Å². The molecule has 0 radical (unpaired) electrons. The van der Waals surface area contributed by atoms with Gasteiger partial charge >= 0.3 is 6.18 Å². The van der Waals surface area contributed by atoms with Gasteiger partial charge in [0.05, 0.1) is 16.8 Å². The van der Waals surface area contributed by atoms with Crippen molar-refractivity contribution < 1.29 is 22.4 Å². The van der Waals surface area contributed by atoms with E-state index in [2.05, 4.69) is 10.3 Å². The highest BCUT2D eigenvalue weighted by Gasteiger charge is 2.32. The zero-order chi connectivity index (χ0) is 15.8. The summed E-state index contributed by atoms with van der Waals surface area (Å²) in [5.74, 6) is -1.99. The zero-order valence-corrected chi connectivity index (χ0v) is 11.8. The number of thiazole rings is 1. The maximum Gasteiger partial charge on any atom is 0.416 e. The molecule has 0 unspecified atom stereocenters.